The molecule has 0 bridgehead atoms. The van der Waals surface area contributed by atoms with Gasteiger partial charge in [-0.15, -0.1) is 0 Å². The fraction of sp³-hybridized carbons (Fsp3) is 0.208. The smallest absolute Gasteiger partial charge is 0.243 e. The van der Waals surface area contributed by atoms with E-state index in [0.717, 1.165) is 16.7 Å². The lowest BCUT2D eigenvalue weighted by molar-refractivity contribution is 0.107. The van der Waals surface area contributed by atoms with Crippen LogP contribution in [0, 0.1) is 17.1 Å². The number of fused-ring (bicyclic) bond motifs is 1. The Balaban J connectivity index is 1.48. The molecule has 3 aromatic carbocycles. The van der Waals surface area contributed by atoms with Gasteiger partial charge in [0.2, 0.25) is 10.0 Å². The molecule has 0 atom stereocenters. The van der Waals surface area contributed by atoms with Gasteiger partial charge in [0.05, 0.1) is 29.7 Å². The summed E-state index contributed by atoms with van der Waals surface area (Å²) in [5.74, 6) is 0.327. The fourth-order valence-electron chi connectivity index (χ4n) is 3.48. The maximum atomic E-state index is 13.3. The number of nitrogens with zero attached hydrogens (tertiary/aromatic N) is 2. The third-order valence-corrected chi connectivity index (χ3v) is 6.98. The molecule has 0 saturated heterocycles. The summed E-state index contributed by atoms with van der Waals surface area (Å²) in [4.78, 5) is 0.134. The van der Waals surface area contributed by atoms with Crippen molar-refractivity contribution >= 4 is 10.0 Å². The number of rotatable bonds is 6. The molecule has 3 aromatic rings. The number of benzene rings is 3. The summed E-state index contributed by atoms with van der Waals surface area (Å²) in [6.07, 6.45) is 0. The van der Waals surface area contributed by atoms with Gasteiger partial charge in [0, 0.05) is 18.7 Å². The quantitative estimate of drug-likeness (QED) is 0.565. The highest BCUT2D eigenvalue weighted by Gasteiger charge is 2.27. The van der Waals surface area contributed by atoms with E-state index in [1.54, 1.807) is 12.1 Å². The standard InChI is InChI=1S/C24H21FN2O4S/c25-22-3-1-2-19(13-22)16-30-17-20-6-9-24-21(12-20)15-27(10-11-31-24)32(28,29)23-7-4-18(14-26)5-8-23/h1-9,12-13H,10-11,15-17H2. The maximum absolute atomic E-state index is 13.3. The Morgan fingerprint density at radius 2 is 1.78 bits per heavy atom. The molecule has 1 aliphatic heterocycles. The first-order valence-corrected chi connectivity index (χ1v) is 11.5. The monoisotopic (exact) mass is 452 g/mol. The molecule has 0 aromatic heterocycles. The van der Waals surface area contributed by atoms with Gasteiger partial charge in [-0.05, 0) is 59.7 Å². The predicted molar refractivity (Wildman–Crippen MR) is 116 cm³/mol. The van der Waals surface area contributed by atoms with E-state index in [1.165, 1.54) is 40.7 Å². The number of hydrogen-bond donors (Lipinski definition) is 0. The molecule has 164 valence electrons. The van der Waals surface area contributed by atoms with Crippen molar-refractivity contribution in [2.75, 3.05) is 13.2 Å². The number of hydrogen-bond acceptors (Lipinski definition) is 5. The largest absolute Gasteiger partial charge is 0.492 e. The molecule has 0 unspecified atom stereocenters. The normalized spacial score (nSPS) is 14.1. The average Bonchev–Trinajstić information content (AvgIpc) is 3.02. The second-order valence-electron chi connectivity index (χ2n) is 7.39. The van der Waals surface area contributed by atoms with Crippen LogP contribution in [0.3, 0.4) is 0 Å². The second-order valence-corrected chi connectivity index (χ2v) is 9.33. The number of nitriles is 1. The molecule has 32 heavy (non-hydrogen) atoms. The molecule has 8 heteroatoms. The van der Waals surface area contributed by atoms with Crippen molar-refractivity contribution in [3.63, 3.8) is 0 Å². The van der Waals surface area contributed by atoms with E-state index < -0.39 is 10.0 Å². The number of ether oxygens (including phenoxy) is 2. The van der Waals surface area contributed by atoms with Crippen molar-refractivity contribution in [3.05, 3.63) is 94.8 Å². The Morgan fingerprint density at radius 1 is 1.03 bits per heavy atom. The summed E-state index contributed by atoms with van der Waals surface area (Å²) < 4.78 is 52.4. The Labute approximate surface area is 186 Å². The van der Waals surface area contributed by atoms with Crippen LogP contribution in [0.1, 0.15) is 22.3 Å². The van der Waals surface area contributed by atoms with E-state index in [9.17, 15) is 12.8 Å². The molecular weight excluding hydrogens is 431 g/mol. The summed E-state index contributed by atoms with van der Waals surface area (Å²) in [6, 6.07) is 19.6. The molecule has 0 aliphatic carbocycles. The number of halogens is 1. The molecule has 0 spiro atoms. The van der Waals surface area contributed by atoms with E-state index in [4.69, 9.17) is 14.7 Å². The van der Waals surface area contributed by atoms with E-state index in [2.05, 4.69) is 0 Å². The fourth-order valence-corrected chi connectivity index (χ4v) is 4.88. The third-order valence-electron chi connectivity index (χ3n) is 5.12. The summed E-state index contributed by atoms with van der Waals surface area (Å²) in [5, 5.41) is 8.94. The number of sulfonamides is 1. The molecule has 6 nitrogen and oxygen atoms in total. The summed E-state index contributed by atoms with van der Waals surface area (Å²) in [7, 11) is -3.75. The van der Waals surface area contributed by atoms with Gasteiger partial charge in [-0.25, -0.2) is 12.8 Å². The first kappa shape index (κ1) is 22.0. The zero-order chi connectivity index (χ0) is 22.6. The molecule has 0 fully saturated rings. The van der Waals surface area contributed by atoms with Crippen LogP contribution in [0.2, 0.25) is 0 Å². The molecule has 0 N–H and O–H groups in total. The van der Waals surface area contributed by atoms with Gasteiger partial charge in [0.15, 0.2) is 0 Å². The topological polar surface area (TPSA) is 79.6 Å². The summed E-state index contributed by atoms with van der Waals surface area (Å²) in [5.41, 5.74) is 2.74. The first-order valence-electron chi connectivity index (χ1n) is 10.0. The van der Waals surface area contributed by atoms with Crippen LogP contribution in [0.15, 0.2) is 71.6 Å². The van der Waals surface area contributed by atoms with Crippen molar-refractivity contribution in [1.29, 1.82) is 5.26 Å². The SMILES string of the molecule is N#Cc1ccc(S(=O)(=O)N2CCOc3ccc(COCc4cccc(F)c4)cc3C2)cc1. The van der Waals surface area contributed by atoms with Crippen molar-refractivity contribution in [2.24, 2.45) is 0 Å². The molecule has 4 rings (SSSR count). The van der Waals surface area contributed by atoms with Crippen LogP contribution in [0.5, 0.6) is 5.75 Å². The van der Waals surface area contributed by atoms with Crippen LogP contribution in [0.25, 0.3) is 0 Å². The van der Waals surface area contributed by atoms with Crippen molar-refractivity contribution in [2.45, 2.75) is 24.7 Å². The molecule has 0 saturated carbocycles. The van der Waals surface area contributed by atoms with Gasteiger partial charge < -0.3 is 9.47 Å². The van der Waals surface area contributed by atoms with Gasteiger partial charge in [-0.2, -0.15) is 9.57 Å². The van der Waals surface area contributed by atoms with Gasteiger partial charge in [-0.3, -0.25) is 0 Å². The van der Waals surface area contributed by atoms with Crippen LogP contribution in [-0.2, 0) is 34.5 Å². The third kappa shape index (κ3) is 4.97. The molecule has 0 amide bonds. The van der Waals surface area contributed by atoms with E-state index in [0.29, 0.717) is 17.9 Å². The molecular formula is C24H21FN2O4S. The van der Waals surface area contributed by atoms with Crippen LogP contribution < -0.4 is 4.74 Å². The zero-order valence-electron chi connectivity index (χ0n) is 17.2. The summed E-state index contributed by atoms with van der Waals surface area (Å²) in [6.45, 7) is 1.17. The minimum Gasteiger partial charge on any atom is -0.492 e. The highest BCUT2D eigenvalue weighted by Crippen LogP contribution is 2.28. The minimum absolute atomic E-state index is 0.134. The van der Waals surface area contributed by atoms with Gasteiger partial charge in [0.25, 0.3) is 0 Å². The molecule has 1 heterocycles. The zero-order valence-corrected chi connectivity index (χ0v) is 18.0. The highest BCUT2D eigenvalue weighted by atomic mass is 32.2. The second kappa shape index (κ2) is 9.49. The average molecular weight is 453 g/mol. The van der Waals surface area contributed by atoms with Gasteiger partial charge >= 0.3 is 0 Å². The van der Waals surface area contributed by atoms with Crippen molar-refractivity contribution < 1.29 is 22.3 Å². The lowest BCUT2D eigenvalue weighted by Crippen LogP contribution is -2.32. The Hall–Kier alpha value is -3.25. The Bertz CT molecular complexity index is 1250. The van der Waals surface area contributed by atoms with Crippen LogP contribution in [-0.4, -0.2) is 25.9 Å². The van der Waals surface area contributed by atoms with Crippen molar-refractivity contribution in [3.8, 4) is 11.8 Å². The highest BCUT2D eigenvalue weighted by molar-refractivity contribution is 7.89. The maximum Gasteiger partial charge on any atom is 0.243 e. The van der Waals surface area contributed by atoms with E-state index in [1.807, 2.05) is 24.3 Å². The predicted octanol–water partition coefficient (Wildman–Crippen LogP) is 4.00. The lowest BCUT2D eigenvalue weighted by atomic mass is 10.1. The van der Waals surface area contributed by atoms with Crippen LogP contribution in [0.4, 0.5) is 4.39 Å². The van der Waals surface area contributed by atoms with Crippen molar-refractivity contribution in [1.82, 2.24) is 4.31 Å². The van der Waals surface area contributed by atoms with Gasteiger partial charge in [0.1, 0.15) is 18.2 Å². The minimum atomic E-state index is -3.75. The first-order chi connectivity index (χ1) is 15.5. The Kier molecular flexibility index (Phi) is 6.51. The van der Waals surface area contributed by atoms with E-state index >= 15 is 0 Å². The Morgan fingerprint density at radius 3 is 2.50 bits per heavy atom. The van der Waals surface area contributed by atoms with Crippen LogP contribution >= 0.6 is 0 Å². The van der Waals surface area contributed by atoms with E-state index in [-0.39, 0.29) is 37.0 Å². The molecule has 0 radical (unpaired) electrons. The lowest BCUT2D eigenvalue weighted by Gasteiger charge is -2.19. The molecule has 1 aliphatic rings. The van der Waals surface area contributed by atoms with Gasteiger partial charge in [-0.1, -0.05) is 18.2 Å². The summed E-state index contributed by atoms with van der Waals surface area (Å²) >= 11 is 0.